The fraction of sp³-hybridized carbons (Fsp3) is 0.316. The molecule has 27 heavy (non-hydrogen) atoms. The van der Waals surface area contributed by atoms with Crippen LogP contribution in [0.1, 0.15) is 22.3 Å². The van der Waals surface area contributed by atoms with E-state index in [2.05, 4.69) is 9.46 Å². The van der Waals surface area contributed by atoms with Crippen LogP contribution in [-0.4, -0.2) is 42.3 Å². The molecule has 0 spiro atoms. The van der Waals surface area contributed by atoms with Crippen LogP contribution in [0.25, 0.3) is 0 Å². The molecule has 2 aromatic carbocycles. The van der Waals surface area contributed by atoms with Gasteiger partial charge in [0.05, 0.1) is 31.8 Å². The van der Waals surface area contributed by atoms with Gasteiger partial charge in [-0.05, 0) is 48.7 Å². The van der Waals surface area contributed by atoms with Gasteiger partial charge in [0.25, 0.3) is 0 Å². The van der Waals surface area contributed by atoms with E-state index in [4.69, 9.17) is 9.47 Å². The van der Waals surface area contributed by atoms with Gasteiger partial charge in [-0.25, -0.2) is 17.9 Å². The number of nitrogens with one attached hydrogen (secondary N) is 1. The van der Waals surface area contributed by atoms with Gasteiger partial charge in [-0.1, -0.05) is 12.1 Å². The van der Waals surface area contributed by atoms with Gasteiger partial charge in [0, 0.05) is 6.54 Å². The van der Waals surface area contributed by atoms with Crippen LogP contribution in [0.4, 0.5) is 0 Å². The molecule has 0 unspecified atom stereocenters. The van der Waals surface area contributed by atoms with Gasteiger partial charge in [-0.15, -0.1) is 0 Å². The van der Waals surface area contributed by atoms with E-state index in [-0.39, 0.29) is 17.0 Å². The molecule has 0 aliphatic rings. The Morgan fingerprint density at radius 2 is 1.74 bits per heavy atom. The predicted octanol–water partition coefficient (Wildman–Crippen LogP) is 2.40. The fourth-order valence-corrected chi connectivity index (χ4v) is 3.65. The number of methoxy groups -OCH3 is 3. The third-order valence-electron chi connectivity index (χ3n) is 3.95. The lowest BCUT2D eigenvalue weighted by Crippen LogP contribution is -2.25. The molecule has 2 rings (SSSR count). The number of esters is 1. The van der Waals surface area contributed by atoms with Gasteiger partial charge in [0.2, 0.25) is 10.0 Å². The van der Waals surface area contributed by atoms with E-state index in [0.717, 1.165) is 5.56 Å². The first-order valence-electron chi connectivity index (χ1n) is 8.30. The highest BCUT2D eigenvalue weighted by molar-refractivity contribution is 7.89. The van der Waals surface area contributed by atoms with Gasteiger partial charge < -0.3 is 14.2 Å². The molecule has 0 aliphatic heterocycles. The van der Waals surface area contributed by atoms with Crippen molar-refractivity contribution in [2.75, 3.05) is 27.9 Å². The van der Waals surface area contributed by atoms with E-state index >= 15 is 0 Å². The van der Waals surface area contributed by atoms with Gasteiger partial charge in [0.15, 0.2) is 11.5 Å². The summed E-state index contributed by atoms with van der Waals surface area (Å²) < 4.78 is 42.4. The average Bonchev–Trinajstić information content (AvgIpc) is 2.70. The summed E-state index contributed by atoms with van der Waals surface area (Å²) in [7, 11) is 0.680. The van der Waals surface area contributed by atoms with Crippen LogP contribution in [-0.2, 0) is 21.2 Å². The van der Waals surface area contributed by atoms with Crippen molar-refractivity contribution >= 4 is 16.0 Å². The van der Waals surface area contributed by atoms with E-state index in [0.29, 0.717) is 24.3 Å². The monoisotopic (exact) mass is 393 g/mol. The van der Waals surface area contributed by atoms with Gasteiger partial charge in [-0.3, -0.25) is 0 Å². The van der Waals surface area contributed by atoms with Gasteiger partial charge in [0.1, 0.15) is 0 Å². The Hall–Kier alpha value is -2.58. The summed E-state index contributed by atoms with van der Waals surface area (Å²) in [6.45, 7) is 0.263. The third kappa shape index (κ3) is 5.45. The molecule has 0 radical (unpaired) electrons. The van der Waals surface area contributed by atoms with Crippen molar-refractivity contribution < 1.29 is 27.4 Å². The predicted molar refractivity (Wildman–Crippen MR) is 101 cm³/mol. The normalized spacial score (nSPS) is 11.1. The maximum Gasteiger partial charge on any atom is 0.337 e. The number of sulfonamides is 1. The molecule has 7 nitrogen and oxygen atoms in total. The zero-order valence-electron chi connectivity index (χ0n) is 15.5. The number of benzene rings is 2. The zero-order chi connectivity index (χ0) is 19.9. The number of hydrogen-bond acceptors (Lipinski definition) is 6. The first-order chi connectivity index (χ1) is 12.9. The van der Waals surface area contributed by atoms with Crippen molar-refractivity contribution in [3.05, 3.63) is 53.6 Å². The molecule has 0 heterocycles. The SMILES string of the molecule is COC(=O)c1cccc(S(=O)(=O)NCCCc2ccc(OC)c(OC)c2)c1. The summed E-state index contributed by atoms with van der Waals surface area (Å²) in [5.41, 5.74) is 1.20. The lowest BCUT2D eigenvalue weighted by Gasteiger charge is -2.10. The fourth-order valence-electron chi connectivity index (χ4n) is 2.53. The number of hydrogen-bond donors (Lipinski definition) is 1. The zero-order valence-corrected chi connectivity index (χ0v) is 16.3. The van der Waals surface area contributed by atoms with Crippen LogP contribution in [0.2, 0.25) is 0 Å². The Kier molecular flexibility index (Phi) is 7.20. The van der Waals surface area contributed by atoms with Crippen LogP contribution < -0.4 is 14.2 Å². The molecule has 0 aliphatic carbocycles. The minimum Gasteiger partial charge on any atom is -0.493 e. The molecule has 1 N–H and O–H groups in total. The van der Waals surface area contributed by atoms with Gasteiger partial charge in [-0.2, -0.15) is 0 Å². The summed E-state index contributed by atoms with van der Waals surface area (Å²) >= 11 is 0. The molecule has 0 bridgehead atoms. The van der Waals surface area contributed by atoms with Crippen molar-refractivity contribution in [1.29, 1.82) is 0 Å². The van der Waals surface area contributed by atoms with E-state index in [1.54, 1.807) is 14.2 Å². The first kappa shape index (κ1) is 20.7. The Balaban J connectivity index is 1.95. The molecule has 146 valence electrons. The van der Waals surface area contributed by atoms with Crippen molar-refractivity contribution in [3.8, 4) is 11.5 Å². The quantitative estimate of drug-likeness (QED) is 0.520. The number of carbonyl (C=O) groups excluding carboxylic acids is 1. The highest BCUT2D eigenvalue weighted by atomic mass is 32.2. The van der Waals surface area contributed by atoms with Crippen LogP contribution in [0, 0.1) is 0 Å². The second-order valence-electron chi connectivity index (χ2n) is 5.71. The van der Waals surface area contributed by atoms with Crippen LogP contribution in [0.5, 0.6) is 11.5 Å². The minimum absolute atomic E-state index is 0.0246. The Labute approximate surface area is 159 Å². The minimum atomic E-state index is -3.70. The van der Waals surface area contributed by atoms with Crippen LogP contribution >= 0.6 is 0 Å². The number of carbonyl (C=O) groups is 1. The standard InChI is InChI=1S/C19H23NO6S/c1-24-17-10-9-14(12-18(17)25-2)6-5-11-20-27(22,23)16-8-4-7-15(13-16)19(21)26-3/h4,7-10,12-13,20H,5-6,11H2,1-3H3. The smallest absolute Gasteiger partial charge is 0.337 e. The van der Waals surface area contributed by atoms with E-state index < -0.39 is 16.0 Å². The van der Waals surface area contributed by atoms with E-state index in [1.807, 2.05) is 18.2 Å². The maximum atomic E-state index is 12.4. The second-order valence-corrected chi connectivity index (χ2v) is 7.48. The number of aryl methyl sites for hydroxylation is 1. The van der Waals surface area contributed by atoms with E-state index in [1.165, 1.54) is 31.4 Å². The molecule has 8 heteroatoms. The van der Waals surface area contributed by atoms with Crippen molar-refractivity contribution in [3.63, 3.8) is 0 Å². The first-order valence-corrected chi connectivity index (χ1v) is 9.78. The Bertz CT molecular complexity index is 895. The highest BCUT2D eigenvalue weighted by Gasteiger charge is 2.16. The largest absolute Gasteiger partial charge is 0.493 e. The lowest BCUT2D eigenvalue weighted by atomic mass is 10.1. The second kappa shape index (κ2) is 9.38. The van der Waals surface area contributed by atoms with Crippen molar-refractivity contribution in [2.45, 2.75) is 17.7 Å². The van der Waals surface area contributed by atoms with Crippen molar-refractivity contribution in [2.24, 2.45) is 0 Å². The molecule has 0 saturated carbocycles. The molecule has 0 atom stereocenters. The molecule has 0 fully saturated rings. The summed E-state index contributed by atoms with van der Waals surface area (Å²) in [6.07, 6.45) is 1.27. The molecule has 2 aromatic rings. The lowest BCUT2D eigenvalue weighted by molar-refractivity contribution is 0.0600. The summed E-state index contributed by atoms with van der Waals surface area (Å²) in [5, 5.41) is 0. The molecular weight excluding hydrogens is 370 g/mol. The topological polar surface area (TPSA) is 90.9 Å². The molecule has 0 aromatic heterocycles. The third-order valence-corrected chi connectivity index (χ3v) is 5.41. The molecular formula is C19H23NO6S. The summed E-state index contributed by atoms with van der Waals surface area (Å²) in [4.78, 5) is 11.6. The van der Waals surface area contributed by atoms with Crippen LogP contribution in [0.3, 0.4) is 0 Å². The molecule has 0 amide bonds. The van der Waals surface area contributed by atoms with Crippen LogP contribution in [0.15, 0.2) is 47.4 Å². The Morgan fingerprint density at radius 1 is 1.00 bits per heavy atom. The average molecular weight is 393 g/mol. The summed E-state index contributed by atoms with van der Waals surface area (Å²) in [6, 6.07) is 11.3. The maximum absolute atomic E-state index is 12.4. The Morgan fingerprint density at radius 3 is 2.41 bits per heavy atom. The number of rotatable bonds is 9. The van der Waals surface area contributed by atoms with Crippen molar-refractivity contribution in [1.82, 2.24) is 4.72 Å². The summed E-state index contributed by atoms with van der Waals surface area (Å²) in [5.74, 6) is 0.697. The highest BCUT2D eigenvalue weighted by Crippen LogP contribution is 2.27. The van der Waals surface area contributed by atoms with Gasteiger partial charge >= 0.3 is 5.97 Å². The number of ether oxygens (including phenoxy) is 3. The van der Waals surface area contributed by atoms with E-state index in [9.17, 15) is 13.2 Å². The molecule has 0 saturated heterocycles.